The van der Waals surface area contributed by atoms with Gasteiger partial charge in [-0.3, -0.25) is 4.99 Å². The number of hydrogen-bond acceptors (Lipinski definition) is 2. The molecule has 0 heterocycles. The van der Waals surface area contributed by atoms with E-state index in [1.165, 1.54) is 0 Å². The van der Waals surface area contributed by atoms with Crippen LogP contribution < -0.4 is 15.4 Å². The molecule has 1 aromatic carbocycles. The van der Waals surface area contributed by atoms with Gasteiger partial charge in [-0.1, -0.05) is 30.4 Å². The summed E-state index contributed by atoms with van der Waals surface area (Å²) in [5.74, 6) is 1.76. The van der Waals surface area contributed by atoms with Gasteiger partial charge in [0.15, 0.2) is 5.96 Å². The van der Waals surface area contributed by atoms with Crippen molar-refractivity contribution >= 4 is 29.9 Å². The average molecular weight is 403 g/mol. The van der Waals surface area contributed by atoms with Crippen molar-refractivity contribution in [2.24, 2.45) is 4.99 Å². The van der Waals surface area contributed by atoms with Gasteiger partial charge in [0, 0.05) is 20.1 Å². The number of hydrogen-bond donors (Lipinski definition) is 2. The summed E-state index contributed by atoms with van der Waals surface area (Å²) < 4.78 is 5.63. The highest BCUT2D eigenvalue weighted by atomic mass is 127. The summed E-state index contributed by atoms with van der Waals surface area (Å²) in [5, 5.41) is 6.53. The van der Waals surface area contributed by atoms with Crippen molar-refractivity contribution in [1.29, 1.82) is 0 Å². The Morgan fingerprint density at radius 1 is 1.19 bits per heavy atom. The Hall–Kier alpha value is -1.24. The number of allylic oxidation sites excluding steroid dienone is 1. The lowest BCUT2D eigenvalue weighted by Crippen LogP contribution is -2.38. The van der Waals surface area contributed by atoms with Crippen molar-refractivity contribution in [1.82, 2.24) is 10.6 Å². The molecule has 0 aliphatic carbocycles. The minimum Gasteiger partial charge on any atom is -0.494 e. The number of nitrogens with one attached hydrogen (secondary N) is 2. The highest BCUT2D eigenvalue weighted by molar-refractivity contribution is 14.0. The third-order valence-corrected chi connectivity index (χ3v) is 2.69. The van der Waals surface area contributed by atoms with Crippen LogP contribution in [0, 0.1) is 0 Å². The molecule has 0 spiro atoms. The minimum absolute atomic E-state index is 0. The zero-order valence-corrected chi connectivity index (χ0v) is 15.2. The van der Waals surface area contributed by atoms with E-state index in [1.54, 1.807) is 7.05 Å². The van der Waals surface area contributed by atoms with Crippen LogP contribution in [0.5, 0.6) is 5.75 Å². The van der Waals surface area contributed by atoms with Crippen LogP contribution in [-0.4, -0.2) is 32.7 Å². The first-order valence-electron chi connectivity index (χ1n) is 7.10. The van der Waals surface area contributed by atoms with E-state index in [4.69, 9.17) is 4.74 Å². The standard InChI is InChI=1S/C16H25N3O.HI/c1-3-4-8-12-18-16(17-2)19-13-9-14-20-15-10-6-5-7-11-15;/h3-7,10-11H,8-9,12-14H2,1-2H3,(H2,17,18,19);1H/b4-3+;. The molecule has 0 unspecified atom stereocenters. The third kappa shape index (κ3) is 10.2. The van der Waals surface area contributed by atoms with E-state index in [1.807, 2.05) is 37.3 Å². The summed E-state index contributed by atoms with van der Waals surface area (Å²) in [6, 6.07) is 9.87. The number of benzene rings is 1. The number of para-hydroxylation sites is 1. The second-order valence-electron chi connectivity index (χ2n) is 4.30. The Morgan fingerprint density at radius 2 is 1.90 bits per heavy atom. The van der Waals surface area contributed by atoms with Crippen LogP contribution >= 0.6 is 24.0 Å². The molecule has 1 rings (SSSR count). The number of guanidine groups is 1. The van der Waals surface area contributed by atoms with Gasteiger partial charge in [-0.2, -0.15) is 0 Å². The summed E-state index contributed by atoms with van der Waals surface area (Å²) >= 11 is 0. The largest absolute Gasteiger partial charge is 0.494 e. The number of ether oxygens (including phenoxy) is 1. The van der Waals surface area contributed by atoms with Gasteiger partial charge in [-0.15, -0.1) is 24.0 Å². The summed E-state index contributed by atoms with van der Waals surface area (Å²) in [6.07, 6.45) is 6.13. The van der Waals surface area contributed by atoms with E-state index in [2.05, 4.69) is 27.8 Å². The molecule has 0 radical (unpaired) electrons. The second kappa shape index (κ2) is 13.7. The van der Waals surface area contributed by atoms with Gasteiger partial charge >= 0.3 is 0 Å². The molecule has 0 aliphatic rings. The number of aliphatic imine (C=N–C) groups is 1. The topological polar surface area (TPSA) is 45.7 Å². The average Bonchev–Trinajstić information content (AvgIpc) is 2.50. The van der Waals surface area contributed by atoms with Gasteiger partial charge in [0.1, 0.15) is 5.75 Å². The van der Waals surface area contributed by atoms with E-state index >= 15 is 0 Å². The lowest BCUT2D eigenvalue weighted by molar-refractivity contribution is 0.311. The normalized spacial score (nSPS) is 11.0. The lowest BCUT2D eigenvalue weighted by atomic mass is 10.3. The summed E-state index contributed by atoms with van der Waals surface area (Å²) in [5.41, 5.74) is 0. The van der Waals surface area contributed by atoms with Gasteiger partial charge in [-0.25, -0.2) is 0 Å². The molecule has 0 atom stereocenters. The van der Waals surface area contributed by atoms with Gasteiger partial charge in [0.2, 0.25) is 0 Å². The Labute approximate surface area is 145 Å². The molecule has 1 aromatic rings. The lowest BCUT2D eigenvalue weighted by Gasteiger charge is -2.11. The van der Waals surface area contributed by atoms with Gasteiger partial charge in [0.05, 0.1) is 6.61 Å². The Balaban J connectivity index is 0.00000400. The maximum atomic E-state index is 5.63. The van der Waals surface area contributed by atoms with E-state index in [0.29, 0.717) is 6.61 Å². The van der Waals surface area contributed by atoms with Crippen LogP contribution in [0.3, 0.4) is 0 Å². The van der Waals surface area contributed by atoms with Crippen molar-refractivity contribution in [2.75, 3.05) is 26.7 Å². The molecule has 0 aromatic heterocycles. The first-order valence-corrected chi connectivity index (χ1v) is 7.10. The highest BCUT2D eigenvalue weighted by Crippen LogP contribution is 2.07. The fraction of sp³-hybridized carbons (Fsp3) is 0.438. The Kier molecular flexibility index (Phi) is 12.9. The van der Waals surface area contributed by atoms with E-state index in [0.717, 1.165) is 37.6 Å². The van der Waals surface area contributed by atoms with Crippen LogP contribution in [-0.2, 0) is 0 Å². The molecule has 0 saturated heterocycles. The van der Waals surface area contributed by atoms with Crippen LogP contribution in [0.4, 0.5) is 0 Å². The molecule has 0 bridgehead atoms. The number of nitrogens with zero attached hydrogens (tertiary/aromatic N) is 1. The molecular formula is C16H26IN3O. The van der Waals surface area contributed by atoms with Crippen LogP contribution in [0.15, 0.2) is 47.5 Å². The first kappa shape index (κ1) is 19.8. The molecule has 0 amide bonds. The van der Waals surface area contributed by atoms with E-state index < -0.39 is 0 Å². The maximum Gasteiger partial charge on any atom is 0.190 e. The van der Waals surface area contributed by atoms with Crippen molar-refractivity contribution in [3.8, 4) is 5.75 Å². The van der Waals surface area contributed by atoms with E-state index in [-0.39, 0.29) is 24.0 Å². The predicted octanol–water partition coefficient (Wildman–Crippen LogP) is 3.20. The predicted molar refractivity (Wildman–Crippen MR) is 101 cm³/mol. The van der Waals surface area contributed by atoms with E-state index in [9.17, 15) is 0 Å². The number of rotatable bonds is 8. The Morgan fingerprint density at radius 3 is 2.57 bits per heavy atom. The highest BCUT2D eigenvalue weighted by Gasteiger charge is 1.96. The van der Waals surface area contributed by atoms with Crippen LogP contribution in [0.2, 0.25) is 0 Å². The van der Waals surface area contributed by atoms with Crippen LogP contribution in [0.25, 0.3) is 0 Å². The quantitative estimate of drug-likeness (QED) is 0.230. The zero-order chi connectivity index (χ0) is 14.5. The first-order chi connectivity index (χ1) is 9.86. The van der Waals surface area contributed by atoms with Gasteiger partial charge in [-0.05, 0) is 31.9 Å². The SMILES string of the molecule is C/C=C/CCNC(=NC)NCCCOc1ccccc1.I. The summed E-state index contributed by atoms with van der Waals surface area (Å²) in [7, 11) is 1.78. The second-order valence-corrected chi connectivity index (χ2v) is 4.30. The fourth-order valence-corrected chi connectivity index (χ4v) is 1.65. The smallest absolute Gasteiger partial charge is 0.190 e. The molecule has 0 fully saturated rings. The van der Waals surface area contributed by atoms with Crippen molar-refractivity contribution in [3.05, 3.63) is 42.5 Å². The molecule has 4 nitrogen and oxygen atoms in total. The molecule has 5 heteroatoms. The van der Waals surface area contributed by atoms with Crippen LogP contribution in [0.1, 0.15) is 19.8 Å². The maximum absolute atomic E-state index is 5.63. The van der Waals surface area contributed by atoms with Crippen molar-refractivity contribution in [3.63, 3.8) is 0 Å². The van der Waals surface area contributed by atoms with Gasteiger partial charge in [0.25, 0.3) is 0 Å². The Bertz CT molecular complexity index is 407. The number of halogens is 1. The molecule has 0 aliphatic heterocycles. The molecular weight excluding hydrogens is 377 g/mol. The monoisotopic (exact) mass is 403 g/mol. The fourth-order valence-electron chi connectivity index (χ4n) is 1.65. The molecule has 118 valence electrons. The van der Waals surface area contributed by atoms with Crippen molar-refractivity contribution < 1.29 is 4.74 Å². The van der Waals surface area contributed by atoms with Crippen molar-refractivity contribution in [2.45, 2.75) is 19.8 Å². The summed E-state index contributed by atoms with van der Waals surface area (Å²) in [6.45, 7) is 4.47. The minimum atomic E-state index is 0. The molecule has 21 heavy (non-hydrogen) atoms. The summed E-state index contributed by atoms with van der Waals surface area (Å²) in [4.78, 5) is 4.17. The molecule has 2 N–H and O–H groups in total. The third-order valence-electron chi connectivity index (χ3n) is 2.69. The zero-order valence-electron chi connectivity index (χ0n) is 12.8. The molecule has 0 saturated carbocycles. The van der Waals surface area contributed by atoms with Gasteiger partial charge < -0.3 is 15.4 Å².